The molecule has 0 atom stereocenters. The van der Waals surface area contributed by atoms with Crippen molar-refractivity contribution in [1.29, 1.82) is 0 Å². The number of piperidine rings is 1. The van der Waals surface area contributed by atoms with Crippen LogP contribution < -0.4 is 46.3 Å². The number of likely N-dealkylation sites (N-methyl/N-ethyl adjacent to an activating group) is 1. The average molecular weight is 891 g/mol. The molecule has 0 radical (unpaired) electrons. The standard InChI is InChI=1S/C37H43Cl2N10O7.BrH/c1-44-22-41-35(48(52)53)27(44)21-49(2,3)17-7-8-30(50)45-15-13-25(14-16-45)47-34-23(19-40-36(43-34)42-24-9-11-26(54-4)12-10-24)20-46(37(47)51)33-31(38)28(55-5)18-29(56-6)32(33)39;/h7-12,18-19,22,25H,13-17,20-21H2,1-6H3,(H,40,42,43);1H/q+1;/p-1/b8-7+;. The molecule has 3 amide bonds. The van der Waals surface area contributed by atoms with E-state index in [9.17, 15) is 19.7 Å². The molecule has 17 nitrogen and oxygen atoms in total. The predicted molar refractivity (Wildman–Crippen MR) is 211 cm³/mol. The molecule has 0 saturated carbocycles. The molecule has 4 heterocycles. The molecule has 304 valence electrons. The molecular formula is C37H43BrCl2N10O7. The van der Waals surface area contributed by atoms with E-state index in [1.807, 2.05) is 38.4 Å². The van der Waals surface area contributed by atoms with Gasteiger partial charge in [-0.25, -0.2) is 9.78 Å². The van der Waals surface area contributed by atoms with Gasteiger partial charge in [0, 0.05) is 55.8 Å². The van der Waals surface area contributed by atoms with Gasteiger partial charge in [0.05, 0.1) is 54.2 Å². The summed E-state index contributed by atoms with van der Waals surface area (Å²) >= 11 is 13.6. The van der Waals surface area contributed by atoms with Crippen LogP contribution in [-0.4, -0.2) is 107 Å². The second kappa shape index (κ2) is 18.0. The number of nitro groups is 1. The van der Waals surface area contributed by atoms with E-state index in [-0.39, 0.29) is 74.5 Å². The van der Waals surface area contributed by atoms with Gasteiger partial charge >= 0.3 is 11.8 Å². The fraction of sp³-hybridized carbons (Fsp3) is 0.378. The molecule has 57 heavy (non-hydrogen) atoms. The number of benzene rings is 2. The Balaban J connectivity index is 0.00000620. The highest BCUT2D eigenvalue weighted by Crippen LogP contribution is 2.48. The summed E-state index contributed by atoms with van der Waals surface area (Å²) in [4.78, 5) is 57.2. The number of anilines is 4. The van der Waals surface area contributed by atoms with Crippen molar-refractivity contribution in [1.82, 2.24) is 24.4 Å². The molecule has 2 aromatic heterocycles. The molecule has 4 aromatic rings. The van der Waals surface area contributed by atoms with E-state index in [0.717, 1.165) is 5.69 Å². The van der Waals surface area contributed by atoms with Gasteiger partial charge in [0.15, 0.2) is 5.69 Å². The zero-order chi connectivity index (χ0) is 40.3. The summed E-state index contributed by atoms with van der Waals surface area (Å²) in [5.74, 6) is 1.63. The fourth-order valence-corrected chi connectivity index (χ4v) is 7.50. The third-order valence-electron chi connectivity index (χ3n) is 9.79. The number of likely N-dealkylation sites (tertiary alicyclic amines) is 1. The SMILES string of the molecule is COc1ccc(Nc2ncc3c(n2)N(C2CCN(C(=O)/C=C/C[N+](C)(C)Cc4c([N+](=O)[O-])ncn4C)CC2)C(=O)N(c2c(Cl)c(OC)cc(OC)c2Cl)C3)cc1.[Br-]. The lowest BCUT2D eigenvalue weighted by atomic mass is 10.0. The third-order valence-corrected chi connectivity index (χ3v) is 10.5. The first-order valence-corrected chi connectivity index (χ1v) is 18.4. The molecule has 20 heteroatoms. The number of halogens is 3. The molecule has 1 N–H and O–H groups in total. The maximum atomic E-state index is 14.7. The molecule has 1 fully saturated rings. The molecule has 0 spiro atoms. The number of carbonyl (C=O) groups is 2. The number of hydrogen-bond donors (Lipinski definition) is 1. The Morgan fingerprint density at radius 2 is 1.70 bits per heavy atom. The smallest absolute Gasteiger partial charge is 0.390 e. The summed E-state index contributed by atoms with van der Waals surface area (Å²) in [6.45, 7) is 1.62. The zero-order valence-corrected chi connectivity index (χ0v) is 35.3. The van der Waals surface area contributed by atoms with Crippen LogP contribution in [-0.2, 0) is 24.9 Å². The Bertz CT molecular complexity index is 2130. The van der Waals surface area contributed by atoms with Gasteiger partial charge in [-0.2, -0.15) is 4.98 Å². The van der Waals surface area contributed by atoms with Crippen molar-refractivity contribution < 1.29 is 50.2 Å². The highest BCUT2D eigenvalue weighted by Gasteiger charge is 2.41. The van der Waals surface area contributed by atoms with Crippen molar-refractivity contribution in [3.8, 4) is 17.2 Å². The fourth-order valence-electron chi connectivity index (χ4n) is 6.79. The van der Waals surface area contributed by atoms with Gasteiger partial charge in [-0.15, -0.1) is 0 Å². The minimum atomic E-state index is -0.489. The van der Waals surface area contributed by atoms with Crippen LogP contribution in [0.15, 0.2) is 55.0 Å². The number of amides is 3. The molecule has 0 bridgehead atoms. The summed E-state index contributed by atoms with van der Waals surface area (Å²) in [6.07, 6.45) is 7.32. The Labute approximate surface area is 350 Å². The van der Waals surface area contributed by atoms with E-state index in [4.69, 9.17) is 42.4 Å². The largest absolute Gasteiger partial charge is 1.00 e. The molecular weight excluding hydrogens is 847 g/mol. The predicted octanol–water partition coefficient (Wildman–Crippen LogP) is 2.97. The molecule has 0 aliphatic carbocycles. The van der Waals surface area contributed by atoms with Crippen LogP contribution in [0, 0.1) is 10.1 Å². The van der Waals surface area contributed by atoms with Gasteiger partial charge in [0.25, 0.3) is 0 Å². The highest BCUT2D eigenvalue weighted by atomic mass is 79.9. The van der Waals surface area contributed by atoms with E-state index >= 15 is 0 Å². The van der Waals surface area contributed by atoms with Gasteiger partial charge in [-0.3, -0.25) is 14.6 Å². The Morgan fingerprint density at radius 3 is 2.30 bits per heavy atom. The molecule has 2 aromatic carbocycles. The lowest BCUT2D eigenvalue weighted by Crippen LogP contribution is -3.00. The number of rotatable bonds is 13. The normalized spacial score (nSPS) is 14.7. The number of quaternary nitrogens is 1. The van der Waals surface area contributed by atoms with Crippen LogP contribution in [0.2, 0.25) is 10.0 Å². The molecule has 6 rings (SSSR count). The number of aromatic nitrogens is 4. The van der Waals surface area contributed by atoms with E-state index in [1.165, 1.54) is 31.5 Å². The van der Waals surface area contributed by atoms with Crippen LogP contribution in [0.1, 0.15) is 24.1 Å². The summed E-state index contributed by atoms with van der Waals surface area (Å²) < 4.78 is 18.3. The van der Waals surface area contributed by atoms with Crippen molar-refractivity contribution in [2.24, 2.45) is 7.05 Å². The summed E-state index contributed by atoms with van der Waals surface area (Å²) in [5, 5.41) is 14.9. The van der Waals surface area contributed by atoms with Gasteiger partial charge in [-0.1, -0.05) is 23.2 Å². The van der Waals surface area contributed by atoms with Gasteiger partial charge in [0.2, 0.25) is 18.2 Å². The van der Waals surface area contributed by atoms with E-state index in [2.05, 4.69) is 15.3 Å². The molecule has 1 saturated heterocycles. The second-order valence-electron chi connectivity index (χ2n) is 14.0. The topological polar surface area (TPSA) is 170 Å². The molecule has 2 aliphatic rings. The second-order valence-corrected chi connectivity index (χ2v) is 14.8. The minimum Gasteiger partial charge on any atom is -1.00 e. The van der Waals surface area contributed by atoms with Crippen LogP contribution in [0.4, 0.5) is 33.8 Å². The zero-order valence-electron chi connectivity index (χ0n) is 32.2. The Hall–Kier alpha value is -5.17. The van der Waals surface area contributed by atoms with Crippen molar-refractivity contribution >= 4 is 64.1 Å². The van der Waals surface area contributed by atoms with E-state index in [1.54, 1.807) is 46.9 Å². The quantitative estimate of drug-likeness (QED) is 0.0907. The van der Waals surface area contributed by atoms with Gasteiger partial charge in [-0.05, 0) is 53.1 Å². The maximum absolute atomic E-state index is 14.7. The number of urea groups is 1. The number of hydrogen-bond acceptors (Lipinski definition) is 11. The lowest BCUT2D eigenvalue weighted by molar-refractivity contribution is -0.898. The first-order valence-electron chi connectivity index (χ1n) is 17.6. The Kier molecular flexibility index (Phi) is 13.5. The van der Waals surface area contributed by atoms with Crippen LogP contribution in [0.25, 0.3) is 0 Å². The molecule has 0 unspecified atom stereocenters. The minimum absolute atomic E-state index is 0. The number of ether oxygens (including phenoxy) is 3. The summed E-state index contributed by atoms with van der Waals surface area (Å²) in [5.41, 5.74) is 2.10. The van der Waals surface area contributed by atoms with Crippen LogP contribution >= 0.6 is 23.2 Å². The first kappa shape index (κ1) is 43.0. The monoisotopic (exact) mass is 888 g/mol. The van der Waals surface area contributed by atoms with Crippen molar-refractivity contribution in [3.63, 3.8) is 0 Å². The summed E-state index contributed by atoms with van der Waals surface area (Å²) in [6, 6.07) is 8.08. The van der Waals surface area contributed by atoms with Crippen LogP contribution in [0.5, 0.6) is 17.2 Å². The average Bonchev–Trinajstić information content (AvgIpc) is 3.54. The van der Waals surface area contributed by atoms with Crippen molar-refractivity contribution in [2.45, 2.75) is 32.0 Å². The number of nitrogens with one attached hydrogen (secondary N) is 1. The van der Waals surface area contributed by atoms with E-state index < -0.39 is 11.0 Å². The number of aryl methyl sites for hydroxylation is 1. The number of nitrogens with zero attached hydrogens (tertiary/aromatic N) is 9. The van der Waals surface area contributed by atoms with Gasteiger partial charge < -0.3 is 60.6 Å². The van der Waals surface area contributed by atoms with Crippen molar-refractivity contribution in [2.75, 3.05) is 70.2 Å². The van der Waals surface area contributed by atoms with E-state index in [0.29, 0.717) is 66.3 Å². The van der Waals surface area contributed by atoms with Crippen molar-refractivity contribution in [3.05, 3.63) is 86.4 Å². The lowest BCUT2D eigenvalue weighted by Gasteiger charge is -2.43. The Morgan fingerprint density at radius 1 is 1.05 bits per heavy atom. The number of fused-ring (bicyclic) bond motifs is 1. The van der Waals surface area contributed by atoms with Crippen LogP contribution in [0.3, 0.4) is 0 Å². The number of carbonyl (C=O) groups excluding carboxylic acids is 2. The van der Waals surface area contributed by atoms with Gasteiger partial charge in [0.1, 0.15) is 39.7 Å². The number of imidazole rings is 1. The maximum Gasteiger partial charge on any atom is 0.390 e. The molecule has 2 aliphatic heterocycles. The summed E-state index contributed by atoms with van der Waals surface area (Å²) in [7, 11) is 10.1. The highest BCUT2D eigenvalue weighted by molar-refractivity contribution is 6.42. The third kappa shape index (κ3) is 9.19. The first-order chi connectivity index (χ1) is 26.7. The number of methoxy groups -OCH3 is 3.